The molecule has 0 atom stereocenters. The van der Waals surface area contributed by atoms with Crippen LogP contribution in [-0.4, -0.2) is 24.4 Å². The number of fused-ring (bicyclic) bond motifs is 2. The Morgan fingerprint density at radius 2 is 1.36 bits per heavy atom. The Bertz CT molecular complexity index is 1570. The summed E-state index contributed by atoms with van der Waals surface area (Å²) in [6.07, 6.45) is 4.33. The Morgan fingerprint density at radius 1 is 0.769 bits per heavy atom. The molecule has 0 amide bonds. The lowest BCUT2D eigenvalue weighted by molar-refractivity contribution is -0.401. The zero-order chi connectivity index (χ0) is 28.7. The van der Waals surface area contributed by atoms with Crippen LogP contribution >= 0.6 is 0 Å². The number of hydrogen-bond donors (Lipinski definition) is 0. The average molecular weight is 522 g/mol. The molecule has 3 aliphatic rings. The van der Waals surface area contributed by atoms with Crippen LogP contribution in [0.25, 0.3) is 0 Å². The Hall–Kier alpha value is -2.87. The van der Waals surface area contributed by atoms with E-state index >= 15 is 0 Å². The predicted molar refractivity (Wildman–Crippen MR) is 169 cm³/mol. The van der Waals surface area contributed by atoms with Gasteiger partial charge in [0.1, 0.15) is 7.05 Å². The molecule has 2 heteroatoms. The molecular formula is C37H49N2+. The Kier molecular flexibility index (Phi) is 6.64. The molecule has 2 nitrogen and oxygen atoms in total. The molecule has 2 heterocycles. The second kappa shape index (κ2) is 9.36. The fraction of sp³-hybridized carbons (Fsp3) is 0.486. The summed E-state index contributed by atoms with van der Waals surface area (Å²) in [6, 6.07) is 4.84. The van der Waals surface area contributed by atoms with E-state index < -0.39 is 0 Å². The van der Waals surface area contributed by atoms with Crippen LogP contribution < -0.4 is 4.90 Å². The van der Waals surface area contributed by atoms with Crippen LogP contribution in [0.1, 0.15) is 92.0 Å². The molecule has 0 aromatic heterocycles. The van der Waals surface area contributed by atoms with Crippen molar-refractivity contribution in [3.63, 3.8) is 0 Å². The molecule has 39 heavy (non-hydrogen) atoms. The van der Waals surface area contributed by atoms with Gasteiger partial charge >= 0.3 is 0 Å². The second-order valence-electron chi connectivity index (χ2n) is 13.6. The number of anilines is 1. The van der Waals surface area contributed by atoms with Crippen LogP contribution in [-0.2, 0) is 12.8 Å². The van der Waals surface area contributed by atoms with E-state index in [-0.39, 0.29) is 5.41 Å². The molecule has 206 valence electrons. The van der Waals surface area contributed by atoms with Gasteiger partial charge in [0.2, 0.25) is 5.69 Å². The number of aryl methyl sites for hydroxylation is 2. The zero-order valence-corrected chi connectivity index (χ0v) is 26.9. The van der Waals surface area contributed by atoms with Crippen molar-refractivity contribution >= 4 is 17.1 Å². The van der Waals surface area contributed by atoms with Gasteiger partial charge in [0.15, 0.2) is 5.71 Å². The van der Waals surface area contributed by atoms with Gasteiger partial charge in [0.25, 0.3) is 0 Å². The van der Waals surface area contributed by atoms with Gasteiger partial charge in [-0.15, -0.1) is 0 Å². The maximum absolute atomic E-state index is 2.49. The van der Waals surface area contributed by atoms with Crippen molar-refractivity contribution in [1.29, 1.82) is 0 Å². The molecule has 0 radical (unpaired) electrons. The fourth-order valence-corrected chi connectivity index (χ4v) is 7.79. The van der Waals surface area contributed by atoms with Gasteiger partial charge in [-0.1, -0.05) is 19.9 Å². The van der Waals surface area contributed by atoms with Crippen LogP contribution in [0, 0.1) is 47.0 Å². The summed E-state index contributed by atoms with van der Waals surface area (Å²) in [7, 11) is 4.57. The van der Waals surface area contributed by atoms with Crippen molar-refractivity contribution in [3.05, 3.63) is 90.2 Å². The highest BCUT2D eigenvalue weighted by molar-refractivity contribution is 6.02. The van der Waals surface area contributed by atoms with Crippen LogP contribution in [0.4, 0.5) is 11.4 Å². The number of hydrogen-bond acceptors (Lipinski definition) is 1. The molecule has 1 aliphatic carbocycles. The van der Waals surface area contributed by atoms with E-state index in [1.54, 1.807) is 11.1 Å². The van der Waals surface area contributed by atoms with Crippen LogP contribution in [0.15, 0.2) is 45.7 Å². The summed E-state index contributed by atoms with van der Waals surface area (Å²) < 4.78 is 2.49. The molecule has 2 aromatic carbocycles. The lowest BCUT2D eigenvalue weighted by atomic mass is 9.69. The first kappa shape index (κ1) is 27.7. The van der Waals surface area contributed by atoms with Crippen molar-refractivity contribution in [3.8, 4) is 0 Å². The monoisotopic (exact) mass is 521 g/mol. The van der Waals surface area contributed by atoms with Crippen molar-refractivity contribution < 1.29 is 4.58 Å². The minimum Gasteiger partial charge on any atom is -0.347 e. The molecule has 0 spiro atoms. The lowest BCUT2D eigenvalue weighted by Gasteiger charge is -2.36. The molecule has 0 saturated carbocycles. The SMILES string of the molecule is CC1=C(C(/C)=C2\Cc3cc(C)c(C)c(C)c3N2C)CC(C)(C)C/C1=C(/C)C1=[N+](C)c2c(cc(C)c(C)c2C)C1. The number of nitrogens with zero attached hydrogens (tertiary/aromatic N) is 2. The number of benzene rings is 2. The van der Waals surface area contributed by atoms with Crippen LogP contribution in [0.2, 0.25) is 0 Å². The van der Waals surface area contributed by atoms with Gasteiger partial charge in [-0.25, -0.2) is 0 Å². The second-order valence-corrected chi connectivity index (χ2v) is 13.6. The summed E-state index contributed by atoms with van der Waals surface area (Å²) in [5, 5.41) is 0. The van der Waals surface area contributed by atoms with Crippen LogP contribution in [0.5, 0.6) is 0 Å². The van der Waals surface area contributed by atoms with E-state index in [1.165, 1.54) is 84.0 Å². The highest BCUT2D eigenvalue weighted by atomic mass is 15.1. The number of rotatable bonds is 2. The molecule has 0 N–H and O–H groups in total. The van der Waals surface area contributed by atoms with E-state index in [1.807, 2.05) is 0 Å². The molecule has 2 aromatic rings. The van der Waals surface area contributed by atoms with Crippen molar-refractivity contribution in [2.75, 3.05) is 19.0 Å². The van der Waals surface area contributed by atoms with Crippen molar-refractivity contribution in [2.24, 2.45) is 5.41 Å². The van der Waals surface area contributed by atoms with E-state index in [2.05, 4.69) is 112 Å². The first-order chi connectivity index (χ1) is 18.1. The highest BCUT2D eigenvalue weighted by Gasteiger charge is 2.37. The molecule has 0 unspecified atom stereocenters. The van der Waals surface area contributed by atoms with Crippen molar-refractivity contribution in [2.45, 2.75) is 102 Å². The minimum atomic E-state index is 0.230. The van der Waals surface area contributed by atoms with Crippen LogP contribution in [0.3, 0.4) is 0 Å². The summed E-state index contributed by atoms with van der Waals surface area (Å²) in [5.74, 6) is 0. The Morgan fingerprint density at radius 3 is 2.00 bits per heavy atom. The average Bonchev–Trinajstić information content (AvgIpc) is 3.37. The van der Waals surface area contributed by atoms with Crippen molar-refractivity contribution in [1.82, 2.24) is 0 Å². The summed E-state index contributed by atoms with van der Waals surface area (Å²) in [5.41, 5.74) is 25.1. The zero-order valence-electron chi connectivity index (χ0n) is 26.9. The lowest BCUT2D eigenvalue weighted by Crippen LogP contribution is -2.24. The van der Waals surface area contributed by atoms with E-state index in [0.717, 1.165) is 25.7 Å². The maximum Gasteiger partial charge on any atom is 0.212 e. The normalized spacial score (nSPS) is 21.1. The molecule has 0 bridgehead atoms. The van der Waals surface area contributed by atoms with Gasteiger partial charge in [-0.05, 0) is 142 Å². The maximum atomic E-state index is 2.49. The summed E-state index contributed by atoms with van der Waals surface area (Å²) in [6.45, 7) is 25.7. The minimum absolute atomic E-state index is 0.230. The topological polar surface area (TPSA) is 6.25 Å². The number of likely N-dealkylation sites (N-methyl/N-ethyl adjacent to an activating group) is 1. The highest BCUT2D eigenvalue weighted by Crippen LogP contribution is 2.48. The van der Waals surface area contributed by atoms with Gasteiger partial charge in [-0.3, -0.25) is 0 Å². The molecule has 5 rings (SSSR count). The van der Waals surface area contributed by atoms with E-state index in [4.69, 9.17) is 0 Å². The van der Waals surface area contributed by atoms with Gasteiger partial charge in [0, 0.05) is 41.6 Å². The smallest absolute Gasteiger partial charge is 0.212 e. The molecule has 0 saturated heterocycles. The summed E-state index contributed by atoms with van der Waals surface area (Å²) in [4.78, 5) is 2.49. The third kappa shape index (κ3) is 4.26. The number of allylic oxidation sites excluding steroid dienone is 6. The fourth-order valence-electron chi connectivity index (χ4n) is 7.79. The third-order valence-electron chi connectivity index (χ3n) is 10.6. The van der Waals surface area contributed by atoms with Gasteiger partial charge in [-0.2, -0.15) is 4.58 Å². The van der Waals surface area contributed by atoms with E-state index in [9.17, 15) is 0 Å². The molecule has 0 fully saturated rings. The van der Waals surface area contributed by atoms with Gasteiger partial charge in [0.05, 0.1) is 6.42 Å². The Balaban J connectivity index is 1.64. The first-order valence-corrected chi connectivity index (χ1v) is 14.8. The molecular weight excluding hydrogens is 472 g/mol. The molecule has 2 aliphatic heterocycles. The first-order valence-electron chi connectivity index (χ1n) is 14.8. The third-order valence-corrected chi connectivity index (χ3v) is 10.6. The predicted octanol–water partition coefficient (Wildman–Crippen LogP) is 9.23. The largest absolute Gasteiger partial charge is 0.347 e. The van der Waals surface area contributed by atoms with Gasteiger partial charge < -0.3 is 4.90 Å². The summed E-state index contributed by atoms with van der Waals surface area (Å²) >= 11 is 0. The standard InChI is InChI=1S/C37H49N2/c1-20-14-29-16-33(38(12)35(29)24(5)22(20)3)27(8)31-18-37(10,11)19-32(26(31)7)28(9)34-17-30-15-21(2)23(4)25(6)36(30)39(34)13/h14-15H,16-19H2,1-13H3/q+1. The van der Waals surface area contributed by atoms with E-state index in [0.29, 0.717) is 0 Å². The Labute approximate surface area is 237 Å². The quantitative estimate of drug-likeness (QED) is 0.357.